The molecule has 0 unspecified atom stereocenters. The first kappa shape index (κ1) is 31.4. The molecular weight excluding hydrogens is 578 g/mol. The Hall–Kier alpha value is -1.77. The first-order chi connectivity index (χ1) is 16.9. The Kier molecular flexibility index (Phi) is 10.5. The summed E-state index contributed by atoms with van der Waals surface area (Å²) >= 11 is 23.4. The normalized spacial score (nSPS) is 12.2. The summed E-state index contributed by atoms with van der Waals surface area (Å²) in [7, 11) is -1.41. The molecule has 37 heavy (non-hydrogen) atoms. The number of carbonyl (C=O) groups is 3. The molecular formula is C26H30Cl4O6Si. The monoisotopic (exact) mass is 606 g/mol. The Labute approximate surface area is 238 Å². The minimum absolute atomic E-state index is 0.0484. The highest BCUT2D eigenvalue weighted by Gasteiger charge is 2.27. The summed E-state index contributed by atoms with van der Waals surface area (Å²) in [6.45, 7) is 11.5. The predicted octanol–water partition coefficient (Wildman–Crippen LogP) is 7.98. The topological polar surface area (TPSA) is 78.9 Å². The molecule has 202 valence electrons. The first-order valence-corrected chi connectivity index (χ1v) is 16.7. The predicted molar refractivity (Wildman–Crippen MR) is 151 cm³/mol. The molecule has 0 amide bonds. The summed E-state index contributed by atoms with van der Waals surface area (Å²) in [5.41, 5.74) is 0.0594. The Bertz CT molecular complexity index is 1160. The molecule has 0 saturated carbocycles. The third kappa shape index (κ3) is 10.5. The fourth-order valence-electron chi connectivity index (χ4n) is 3.08. The smallest absolute Gasteiger partial charge is 0.339 e. The molecule has 11 heteroatoms. The average molecular weight is 608 g/mol. The Morgan fingerprint density at radius 2 is 1.46 bits per heavy atom. The number of ether oxygens (including phenoxy) is 3. The summed E-state index contributed by atoms with van der Waals surface area (Å²) in [6, 6.07) is 9.67. The number of rotatable bonds is 8. The average Bonchev–Trinajstić information content (AvgIpc) is 2.74. The van der Waals surface area contributed by atoms with Gasteiger partial charge in [-0.15, -0.1) is 0 Å². The fraction of sp³-hybridized carbons (Fsp3) is 0.423. The van der Waals surface area contributed by atoms with E-state index >= 15 is 0 Å². The van der Waals surface area contributed by atoms with Crippen LogP contribution in [0.3, 0.4) is 0 Å². The Balaban J connectivity index is 2.56. The molecule has 2 rings (SSSR count). The van der Waals surface area contributed by atoms with Gasteiger partial charge in [-0.3, -0.25) is 0 Å². The highest BCUT2D eigenvalue weighted by molar-refractivity contribution is 6.76. The lowest BCUT2D eigenvalue weighted by molar-refractivity contribution is 0.00700. The summed E-state index contributed by atoms with van der Waals surface area (Å²) < 4.78 is 14.4. The van der Waals surface area contributed by atoms with Crippen LogP contribution >= 0.6 is 46.4 Å². The van der Waals surface area contributed by atoms with Gasteiger partial charge < -0.3 is 14.2 Å². The third-order valence-corrected chi connectivity index (χ3v) is 7.08. The van der Waals surface area contributed by atoms with E-state index in [4.69, 9.17) is 60.6 Å². The van der Waals surface area contributed by atoms with Gasteiger partial charge in [0.05, 0.1) is 23.3 Å². The molecule has 0 aliphatic rings. The van der Waals surface area contributed by atoms with E-state index < -0.39 is 42.0 Å². The second kappa shape index (κ2) is 12.4. The second-order valence-electron chi connectivity index (χ2n) is 10.6. The number of benzene rings is 2. The number of esters is 3. The van der Waals surface area contributed by atoms with Crippen molar-refractivity contribution in [3.05, 3.63) is 58.1 Å². The van der Waals surface area contributed by atoms with Crippen molar-refractivity contribution in [2.24, 2.45) is 0 Å². The van der Waals surface area contributed by atoms with Gasteiger partial charge in [0.25, 0.3) is 0 Å². The number of hydrogen-bond acceptors (Lipinski definition) is 6. The van der Waals surface area contributed by atoms with Gasteiger partial charge in [-0.2, -0.15) is 0 Å². The zero-order valence-electron chi connectivity index (χ0n) is 21.5. The zero-order chi connectivity index (χ0) is 28.2. The number of carbonyl (C=O) groups excluding carboxylic acids is 3. The van der Waals surface area contributed by atoms with Gasteiger partial charge in [-0.1, -0.05) is 72.1 Å². The molecule has 6 nitrogen and oxygen atoms in total. The van der Waals surface area contributed by atoms with E-state index in [1.807, 2.05) is 0 Å². The van der Waals surface area contributed by atoms with Crippen molar-refractivity contribution in [2.75, 3.05) is 13.2 Å². The maximum atomic E-state index is 13.2. The Morgan fingerprint density at radius 3 is 2.03 bits per heavy atom. The van der Waals surface area contributed by atoms with Crippen molar-refractivity contribution < 1.29 is 28.6 Å². The van der Waals surface area contributed by atoms with Crippen LogP contribution in [0.5, 0.6) is 0 Å². The maximum Gasteiger partial charge on any atom is 0.339 e. The summed E-state index contributed by atoms with van der Waals surface area (Å²) in [6.07, 6.45) is 0. The van der Waals surface area contributed by atoms with Crippen LogP contribution in [0.15, 0.2) is 36.4 Å². The molecule has 0 spiro atoms. The van der Waals surface area contributed by atoms with Crippen LogP contribution in [0.1, 0.15) is 51.8 Å². The summed E-state index contributed by atoms with van der Waals surface area (Å²) in [5, 5.41) is 0.304. The summed E-state index contributed by atoms with van der Waals surface area (Å²) in [5.74, 6) is -2.05. The minimum Gasteiger partial charge on any atom is -0.462 e. The summed E-state index contributed by atoms with van der Waals surface area (Å²) in [4.78, 5) is 38.8. The molecule has 0 aliphatic heterocycles. The number of alkyl halides is 3. The van der Waals surface area contributed by atoms with E-state index in [1.165, 1.54) is 36.4 Å². The van der Waals surface area contributed by atoms with E-state index in [0.29, 0.717) is 10.6 Å². The Morgan fingerprint density at radius 1 is 0.811 bits per heavy atom. The van der Waals surface area contributed by atoms with Crippen LogP contribution < -0.4 is 0 Å². The van der Waals surface area contributed by atoms with Gasteiger partial charge in [0, 0.05) is 13.1 Å². The lowest BCUT2D eigenvalue weighted by Crippen LogP contribution is -2.25. The first-order valence-electron chi connectivity index (χ1n) is 11.4. The van der Waals surface area contributed by atoms with Crippen LogP contribution in [-0.4, -0.2) is 48.6 Å². The van der Waals surface area contributed by atoms with Crippen LogP contribution in [0.25, 0.3) is 11.1 Å². The highest BCUT2D eigenvalue weighted by atomic mass is 35.6. The molecule has 0 heterocycles. The van der Waals surface area contributed by atoms with E-state index in [2.05, 4.69) is 19.6 Å². The quantitative estimate of drug-likeness (QED) is 0.131. The molecule has 0 fully saturated rings. The van der Waals surface area contributed by atoms with E-state index in [0.717, 1.165) is 6.04 Å². The SMILES string of the molecule is CC(C)(C)OC(=O)c1cc(C(=O)OCC[Si](C)(C)C)ccc1-c1cc(Cl)ccc1C(=O)OCC(Cl)(Cl)Cl. The van der Waals surface area contributed by atoms with Crippen LogP contribution in [0.4, 0.5) is 0 Å². The molecule has 0 N–H and O–H groups in total. The third-order valence-electron chi connectivity index (χ3n) is 4.82. The van der Waals surface area contributed by atoms with Gasteiger partial charge in [0.15, 0.2) is 0 Å². The fourth-order valence-corrected chi connectivity index (χ4v) is 4.13. The molecule has 0 aliphatic carbocycles. The maximum absolute atomic E-state index is 13.2. The van der Waals surface area contributed by atoms with E-state index in [9.17, 15) is 14.4 Å². The van der Waals surface area contributed by atoms with Crippen molar-refractivity contribution in [3.63, 3.8) is 0 Å². The number of halogens is 4. The van der Waals surface area contributed by atoms with Crippen molar-refractivity contribution in [1.29, 1.82) is 0 Å². The van der Waals surface area contributed by atoms with Gasteiger partial charge in [-0.05, 0) is 68.3 Å². The van der Waals surface area contributed by atoms with Gasteiger partial charge in [0.2, 0.25) is 3.79 Å². The van der Waals surface area contributed by atoms with E-state index in [1.54, 1.807) is 20.8 Å². The van der Waals surface area contributed by atoms with Gasteiger partial charge >= 0.3 is 17.9 Å². The van der Waals surface area contributed by atoms with Crippen LogP contribution in [0.2, 0.25) is 30.7 Å². The van der Waals surface area contributed by atoms with Crippen LogP contribution in [0, 0.1) is 0 Å². The van der Waals surface area contributed by atoms with E-state index in [-0.39, 0.29) is 28.9 Å². The highest BCUT2D eigenvalue weighted by Crippen LogP contribution is 2.33. The number of hydrogen-bond donors (Lipinski definition) is 0. The molecule has 0 radical (unpaired) electrons. The molecule has 0 saturated heterocycles. The molecule has 2 aromatic rings. The lowest BCUT2D eigenvalue weighted by Gasteiger charge is -2.21. The molecule has 0 atom stereocenters. The second-order valence-corrected chi connectivity index (χ2v) is 19.2. The van der Waals surface area contributed by atoms with Gasteiger partial charge in [-0.25, -0.2) is 14.4 Å². The molecule has 0 aromatic heterocycles. The zero-order valence-corrected chi connectivity index (χ0v) is 25.6. The van der Waals surface area contributed by atoms with Gasteiger partial charge in [0.1, 0.15) is 12.2 Å². The largest absolute Gasteiger partial charge is 0.462 e. The van der Waals surface area contributed by atoms with Crippen molar-refractivity contribution >= 4 is 72.4 Å². The standard InChI is InChI=1S/C26H30Cl4O6Si/c1-25(2,3)36-24(33)21-13-16(22(31)34-11-12-37(4,5)6)7-9-18(21)20-14-17(27)8-10-19(20)23(32)35-15-26(28,29)30/h7-10,13-14H,11-12,15H2,1-6H3. The molecule has 0 bridgehead atoms. The van der Waals surface area contributed by atoms with Crippen molar-refractivity contribution in [1.82, 2.24) is 0 Å². The van der Waals surface area contributed by atoms with Crippen molar-refractivity contribution in [2.45, 2.75) is 55.8 Å². The van der Waals surface area contributed by atoms with Crippen LogP contribution in [-0.2, 0) is 14.2 Å². The van der Waals surface area contributed by atoms with Crippen molar-refractivity contribution in [3.8, 4) is 11.1 Å². The minimum atomic E-state index is -1.80. The lowest BCUT2D eigenvalue weighted by atomic mass is 9.93. The molecule has 2 aromatic carbocycles.